The van der Waals surface area contributed by atoms with Crippen molar-refractivity contribution in [1.29, 1.82) is 0 Å². The molecule has 4 heteroatoms. The van der Waals surface area contributed by atoms with Crippen LogP contribution in [-0.2, 0) is 6.54 Å². The van der Waals surface area contributed by atoms with E-state index in [0.717, 1.165) is 12.2 Å². The molecule has 2 N–H and O–H groups in total. The first-order valence-electron chi connectivity index (χ1n) is 5.45. The van der Waals surface area contributed by atoms with Gasteiger partial charge in [-0.3, -0.25) is 5.10 Å². The van der Waals surface area contributed by atoms with E-state index in [1.54, 1.807) is 0 Å². The lowest BCUT2D eigenvalue weighted by atomic mass is 10.2. The van der Waals surface area contributed by atoms with E-state index in [9.17, 15) is 0 Å². The Morgan fingerprint density at radius 1 is 1.44 bits per heavy atom. The van der Waals surface area contributed by atoms with Gasteiger partial charge in [0.15, 0.2) is 0 Å². The van der Waals surface area contributed by atoms with Crippen LogP contribution in [0.2, 0.25) is 0 Å². The van der Waals surface area contributed by atoms with Crippen molar-refractivity contribution < 1.29 is 0 Å². The van der Waals surface area contributed by atoms with Gasteiger partial charge in [-0.15, -0.1) is 11.3 Å². The number of hydrogen-bond acceptors (Lipinski definition) is 3. The summed E-state index contributed by atoms with van der Waals surface area (Å²) in [7, 11) is 0. The number of nitrogens with one attached hydrogen (secondary N) is 2. The monoisotopic (exact) mass is 235 g/mol. The maximum Gasteiger partial charge on any atom is 0.0535 e. The van der Waals surface area contributed by atoms with E-state index in [2.05, 4.69) is 41.5 Å². The summed E-state index contributed by atoms with van der Waals surface area (Å²) < 4.78 is 0. The van der Waals surface area contributed by atoms with Gasteiger partial charge >= 0.3 is 0 Å². The quantitative estimate of drug-likeness (QED) is 0.855. The van der Waals surface area contributed by atoms with Gasteiger partial charge < -0.3 is 5.32 Å². The second kappa shape index (κ2) is 4.80. The molecule has 2 rings (SSSR count). The average Bonchev–Trinajstić information content (AvgIpc) is 2.84. The van der Waals surface area contributed by atoms with Gasteiger partial charge in [0, 0.05) is 33.6 Å². The summed E-state index contributed by atoms with van der Waals surface area (Å²) in [6.07, 6.45) is 1.88. The van der Waals surface area contributed by atoms with Crippen LogP contribution >= 0.6 is 11.3 Å². The molecular weight excluding hydrogens is 218 g/mol. The number of rotatable bonds is 4. The van der Waals surface area contributed by atoms with Crippen LogP contribution in [0.15, 0.2) is 18.3 Å². The van der Waals surface area contributed by atoms with E-state index in [1.165, 1.54) is 15.3 Å². The summed E-state index contributed by atoms with van der Waals surface area (Å²) in [6.45, 7) is 7.24. The smallest absolute Gasteiger partial charge is 0.0535 e. The number of aromatic nitrogens is 2. The zero-order valence-electron chi connectivity index (χ0n) is 9.87. The number of thiophene rings is 1. The van der Waals surface area contributed by atoms with Gasteiger partial charge in [-0.2, -0.15) is 5.10 Å². The number of hydrogen-bond donors (Lipinski definition) is 2. The molecule has 0 aliphatic carbocycles. The fourth-order valence-electron chi connectivity index (χ4n) is 1.60. The minimum Gasteiger partial charge on any atom is -0.305 e. The maximum atomic E-state index is 4.01. The van der Waals surface area contributed by atoms with Crippen LogP contribution in [0.3, 0.4) is 0 Å². The second-order valence-electron chi connectivity index (χ2n) is 4.07. The van der Waals surface area contributed by atoms with Crippen LogP contribution < -0.4 is 5.32 Å². The number of nitrogens with zero attached hydrogens (tertiary/aromatic N) is 1. The molecule has 0 bridgehead atoms. The van der Waals surface area contributed by atoms with E-state index in [1.807, 2.05) is 24.5 Å². The molecule has 0 fully saturated rings. The third kappa shape index (κ3) is 2.51. The van der Waals surface area contributed by atoms with E-state index >= 15 is 0 Å². The number of aromatic amines is 1. The molecule has 0 aliphatic rings. The van der Waals surface area contributed by atoms with Crippen LogP contribution in [-0.4, -0.2) is 10.2 Å². The van der Waals surface area contributed by atoms with Gasteiger partial charge in [-0.25, -0.2) is 0 Å². The van der Waals surface area contributed by atoms with Gasteiger partial charge in [-0.05, 0) is 32.9 Å². The molecule has 3 nitrogen and oxygen atoms in total. The van der Waals surface area contributed by atoms with Crippen LogP contribution in [0, 0.1) is 13.8 Å². The fourth-order valence-corrected chi connectivity index (χ4v) is 2.51. The van der Waals surface area contributed by atoms with E-state index in [-0.39, 0.29) is 0 Å². The van der Waals surface area contributed by atoms with Gasteiger partial charge in [0.1, 0.15) is 0 Å². The number of aryl methyl sites for hydroxylation is 2. The van der Waals surface area contributed by atoms with E-state index in [0.29, 0.717) is 6.04 Å². The lowest BCUT2D eigenvalue weighted by Gasteiger charge is -2.11. The van der Waals surface area contributed by atoms with Crippen molar-refractivity contribution in [3.05, 3.63) is 39.3 Å². The Morgan fingerprint density at radius 2 is 2.25 bits per heavy atom. The molecule has 2 heterocycles. The van der Waals surface area contributed by atoms with Crippen molar-refractivity contribution in [3.8, 4) is 0 Å². The fraction of sp³-hybridized carbons (Fsp3) is 0.417. The van der Waals surface area contributed by atoms with E-state index in [4.69, 9.17) is 0 Å². The Bertz CT molecular complexity index is 458. The Balaban J connectivity index is 1.93. The predicted octanol–water partition coefficient (Wildman–Crippen LogP) is 2.94. The number of H-pyrrole nitrogens is 1. The van der Waals surface area contributed by atoms with Gasteiger partial charge in [-0.1, -0.05) is 0 Å². The Morgan fingerprint density at radius 3 is 2.81 bits per heavy atom. The van der Waals surface area contributed by atoms with Crippen molar-refractivity contribution in [1.82, 2.24) is 15.5 Å². The zero-order chi connectivity index (χ0) is 11.5. The highest BCUT2D eigenvalue weighted by molar-refractivity contribution is 7.12. The molecule has 0 radical (unpaired) electrons. The lowest BCUT2D eigenvalue weighted by Crippen LogP contribution is -2.17. The van der Waals surface area contributed by atoms with Crippen LogP contribution in [0.25, 0.3) is 0 Å². The summed E-state index contributed by atoms with van der Waals surface area (Å²) >= 11 is 1.85. The SMILES string of the molecule is Cc1ccc(C(C)NCc2cn[nH]c2C)s1. The highest BCUT2D eigenvalue weighted by atomic mass is 32.1. The topological polar surface area (TPSA) is 40.7 Å². The standard InChI is InChI=1S/C12H17N3S/c1-8-4-5-12(16-8)10(3)13-6-11-7-14-15-9(11)2/h4-5,7,10,13H,6H2,1-3H3,(H,14,15). The van der Waals surface area contributed by atoms with Crippen LogP contribution in [0.4, 0.5) is 0 Å². The summed E-state index contributed by atoms with van der Waals surface area (Å²) in [5.74, 6) is 0. The molecule has 2 aromatic heterocycles. The van der Waals surface area contributed by atoms with E-state index < -0.39 is 0 Å². The summed E-state index contributed by atoms with van der Waals surface area (Å²) in [4.78, 5) is 2.75. The van der Waals surface area contributed by atoms with Gasteiger partial charge in [0.25, 0.3) is 0 Å². The molecule has 16 heavy (non-hydrogen) atoms. The normalized spacial score (nSPS) is 12.9. The Hall–Kier alpha value is -1.13. The molecule has 0 saturated carbocycles. The minimum absolute atomic E-state index is 0.396. The highest BCUT2D eigenvalue weighted by Crippen LogP contribution is 2.22. The van der Waals surface area contributed by atoms with Crippen LogP contribution in [0.1, 0.15) is 34.0 Å². The molecular formula is C12H17N3S. The molecule has 86 valence electrons. The first-order valence-corrected chi connectivity index (χ1v) is 6.27. The van der Waals surface area contributed by atoms with Crippen LogP contribution in [0.5, 0.6) is 0 Å². The van der Waals surface area contributed by atoms with Crippen molar-refractivity contribution in [2.75, 3.05) is 0 Å². The van der Waals surface area contributed by atoms with Crippen molar-refractivity contribution in [3.63, 3.8) is 0 Å². The predicted molar refractivity (Wildman–Crippen MR) is 67.6 cm³/mol. The van der Waals surface area contributed by atoms with Crippen molar-refractivity contribution >= 4 is 11.3 Å². The molecule has 0 spiro atoms. The highest BCUT2D eigenvalue weighted by Gasteiger charge is 2.08. The van der Waals surface area contributed by atoms with Gasteiger partial charge in [0.05, 0.1) is 6.20 Å². The molecule has 0 aromatic carbocycles. The van der Waals surface area contributed by atoms with Gasteiger partial charge in [0.2, 0.25) is 0 Å². The molecule has 0 saturated heterocycles. The summed E-state index contributed by atoms with van der Waals surface area (Å²) in [5.41, 5.74) is 2.38. The Kier molecular flexibility index (Phi) is 3.41. The third-order valence-corrected chi connectivity index (χ3v) is 3.90. The van der Waals surface area contributed by atoms with Crippen molar-refractivity contribution in [2.24, 2.45) is 0 Å². The lowest BCUT2D eigenvalue weighted by molar-refractivity contribution is 0.581. The molecule has 1 atom stereocenters. The molecule has 2 aromatic rings. The molecule has 0 amide bonds. The molecule has 0 aliphatic heterocycles. The second-order valence-corrected chi connectivity index (χ2v) is 5.39. The summed E-state index contributed by atoms with van der Waals surface area (Å²) in [5, 5.41) is 10.5. The summed E-state index contributed by atoms with van der Waals surface area (Å²) in [6, 6.07) is 4.76. The first-order chi connectivity index (χ1) is 7.66. The zero-order valence-corrected chi connectivity index (χ0v) is 10.7. The largest absolute Gasteiger partial charge is 0.305 e. The third-order valence-electron chi connectivity index (χ3n) is 2.72. The average molecular weight is 235 g/mol. The first kappa shape index (κ1) is 11.4. The Labute approximate surface area is 99.9 Å². The minimum atomic E-state index is 0.396. The van der Waals surface area contributed by atoms with Crippen molar-refractivity contribution in [2.45, 2.75) is 33.4 Å². The molecule has 1 unspecified atom stereocenters. The maximum absolute atomic E-state index is 4.01.